The molecular formula is C23H28N4O2. The van der Waals surface area contributed by atoms with Gasteiger partial charge < -0.3 is 9.26 Å². The molecule has 6 nitrogen and oxygen atoms in total. The van der Waals surface area contributed by atoms with Crippen molar-refractivity contribution >= 4 is 0 Å². The summed E-state index contributed by atoms with van der Waals surface area (Å²) >= 11 is 0. The van der Waals surface area contributed by atoms with Gasteiger partial charge in [-0.1, -0.05) is 52.7 Å². The molecule has 0 amide bonds. The average Bonchev–Trinajstić information content (AvgIpc) is 3.19. The van der Waals surface area contributed by atoms with Gasteiger partial charge in [0.25, 0.3) is 0 Å². The molecule has 0 saturated carbocycles. The van der Waals surface area contributed by atoms with Crippen molar-refractivity contribution in [1.82, 2.24) is 19.9 Å². The smallest absolute Gasteiger partial charge is 0.241 e. The van der Waals surface area contributed by atoms with Crippen molar-refractivity contribution in [2.24, 2.45) is 0 Å². The van der Waals surface area contributed by atoms with Gasteiger partial charge in [0.1, 0.15) is 5.75 Å². The van der Waals surface area contributed by atoms with Gasteiger partial charge in [0.15, 0.2) is 0 Å². The molecule has 0 N–H and O–H groups in total. The van der Waals surface area contributed by atoms with Gasteiger partial charge in [0, 0.05) is 43.9 Å². The van der Waals surface area contributed by atoms with E-state index < -0.39 is 0 Å². The van der Waals surface area contributed by atoms with Crippen LogP contribution in [-0.4, -0.2) is 53.2 Å². The monoisotopic (exact) mass is 392 g/mol. The predicted molar refractivity (Wildman–Crippen MR) is 113 cm³/mol. The number of aromatic nitrogens is 2. The van der Waals surface area contributed by atoms with E-state index in [2.05, 4.69) is 64.1 Å². The molecule has 0 radical (unpaired) electrons. The van der Waals surface area contributed by atoms with Gasteiger partial charge in [0.05, 0.1) is 13.7 Å². The Bertz CT molecular complexity index is 944. The number of hydrogen-bond donors (Lipinski definition) is 0. The molecule has 152 valence electrons. The molecular weight excluding hydrogens is 364 g/mol. The first kappa shape index (κ1) is 19.6. The number of benzene rings is 2. The zero-order valence-corrected chi connectivity index (χ0v) is 17.4. The van der Waals surface area contributed by atoms with Gasteiger partial charge in [-0.2, -0.15) is 4.98 Å². The highest BCUT2D eigenvalue weighted by molar-refractivity contribution is 5.54. The highest BCUT2D eigenvalue weighted by atomic mass is 16.5. The fraction of sp³-hybridized carbons (Fsp3) is 0.391. The van der Waals surface area contributed by atoms with Gasteiger partial charge in [-0.05, 0) is 19.9 Å². The molecule has 6 heteroatoms. The maximum absolute atomic E-state index is 5.52. The second-order valence-electron chi connectivity index (χ2n) is 7.75. The quantitative estimate of drug-likeness (QED) is 0.638. The van der Waals surface area contributed by atoms with E-state index in [1.807, 2.05) is 12.1 Å². The fourth-order valence-electron chi connectivity index (χ4n) is 3.71. The summed E-state index contributed by atoms with van der Waals surface area (Å²) < 4.78 is 11.0. The third-order valence-corrected chi connectivity index (χ3v) is 5.43. The Hall–Kier alpha value is -2.70. The second kappa shape index (κ2) is 8.76. The third-order valence-electron chi connectivity index (χ3n) is 5.43. The molecule has 0 atom stereocenters. The van der Waals surface area contributed by atoms with Gasteiger partial charge >= 0.3 is 0 Å². The van der Waals surface area contributed by atoms with Crippen molar-refractivity contribution in [2.75, 3.05) is 33.3 Å². The van der Waals surface area contributed by atoms with Crippen molar-refractivity contribution in [3.8, 4) is 17.1 Å². The van der Waals surface area contributed by atoms with Crippen molar-refractivity contribution in [1.29, 1.82) is 0 Å². The molecule has 1 aliphatic heterocycles. The number of piperazine rings is 1. The molecule has 0 spiro atoms. The van der Waals surface area contributed by atoms with Gasteiger partial charge in [-0.3, -0.25) is 9.80 Å². The van der Waals surface area contributed by atoms with Crippen LogP contribution in [0.15, 0.2) is 47.0 Å². The summed E-state index contributed by atoms with van der Waals surface area (Å²) in [7, 11) is 1.74. The Balaban J connectivity index is 1.31. The lowest BCUT2D eigenvalue weighted by molar-refractivity contribution is 0.111. The van der Waals surface area contributed by atoms with Crippen molar-refractivity contribution in [3.05, 3.63) is 65.0 Å². The average molecular weight is 393 g/mol. The van der Waals surface area contributed by atoms with E-state index in [4.69, 9.17) is 9.26 Å². The van der Waals surface area contributed by atoms with E-state index in [0.717, 1.165) is 44.0 Å². The zero-order chi connectivity index (χ0) is 20.2. The second-order valence-corrected chi connectivity index (χ2v) is 7.75. The summed E-state index contributed by atoms with van der Waals surface area (Å²) in [4.78, 5) is 9.42. The van der Waals surface area contributed by atoms with E-state index >= 15 is 0 Å². The molecule has 1 aromatic heterocycles. The summed E-state index contributed by atoms with van der Waals surface area (Å²) in [5.74, 6) is 2.30. The molecule has 1 saturated heterocycles. The molecule has 29 heavy (non-hydrogen) atoms. The molecule has 2 heterocycles. The number of ether oxygens (including phenoxy) is 1. The molecule has 2 aromatic carbocycles. The first-order chi connectivity index (χ1) is 14.1. The van der Waals surface area contributed by atoms with Crippen LogP contribution in [0.2, 0.25) is 0 Å². The van der Waals surface area contributed by atoms with Crippen LogP contribution in [0.1, 0.15) is 22.6 Å². The standard InChI is InChI=1S/C23H28N4O2/c1-17-4-7-19(8-5-17)23-24-22(29-25-23)16-27-12-10-26(11-13-27)15-20-14-18(2)6-9-21(20)28-3/h4-9,14H,10-13,15-16H2,1-3H3. The van der Waals surface area contributed by atoms with Crippen molar-refractivity contribution < 1.29 is 9.26 Å². The summed E-state index contributed by atoms with van der Waals surface area (Å²) in [6, 6.07) is 14.6. The Morgan fingerprint density at radius 2 is 1.55 bits per heavy atom. The lowest BCUT2D eigenvalue weighted by atomic mass is 10.1. The minimum Gasteiger partial charge on any atom is -0.496 e. The van der Waals surface area contributed by atoms with E-state index in [-0.39, 0.29) is 0 Å². The Morgan fingerprint density at radius 3 is 2.24 bits per heavy atom. The predicted octanol–water partition coefficient (Wildman–Crippen LogP) is 3.68. The van der Waals surface area contributed by atoms with Gasteiger partial charge in [-0.25, -0.2) is 0 Å². The lowest BCUT2D eigenvalue weighted by Crippen LogP contribution is -2.45. The normalized spacial score (nSPS) is 15.6. The van der Waals surface area contributed by atoms with Crippen molar-refractivity contribution in [2.45, 2.75) is 26.9 Å². The summed E-state index contributed by atoms with van der Waals surface area (Å²) in [5, 5.41) is 4.14. The topological polar surface area (TPSA) is 54.6 Å². The Kier molecular flexibility index (Phi) is 5.92. The third kappa shape index (κ3) is 4.83. The molecule has 4 rings (SSSR count). The van der Waals surface area contributed by atoms with Crippen LogP contribution >= 0.6 is 0 Å². The van der Waals surface area contributed by atoms with E-state index in [0.29, 0.717) is 18.3 Å². The maximum Gasteiger partial charge on any atom is 0.241 e. The van der Waals surface area contributed by atoms with Crippen LogP contribution in [0, 0.1) is 13.8 Å². The van der Waals surface area contributed by atoms with Crippen LogP contribution in [0.5, 0.6) is 5.75 Å². The number of hydrogen-bond acceptors (Lipinski definition) is 6. The minimum absolute atomic E-state index is 0.658. The first-order valence-corrected chi connectivity index (χ1v) is 10.1. The lowest BCUT2D eigenvalue weighted by Gasteiger charge is -2.34. The Morgan fingerprint density at radius 1 is 0.897 bits per heavy atom. The van der Waals surface area contributed by atoms with E-state index in [1.165, 1.54) is 16.7 Å². The highest BCUT2D eigenvalue weighted by Gasteiger charge is 2.20. The molecule has 1 fully saturated rings. The van der Waals surface area contributed by atoms with E-state index in [1.54, 1.807) is 7.11 Å². The SMILES string of the molecule is COc1ccc(C)cc1CN1CCN(Cc2nc(-c3ccc(C)cc3)no2)CC1. The van der Waals surface area contributed by atoms with Crippen LogP contribution in [0.4, 0.5) is 0 Å². The van der Waals surface area contributed by atoms with Crippen molar-refractivity contribution in [3.63, 3.8) is 0 Å². The molecule has 1 aliphatic rings. The molecule has 0 bridgehead atoms. The fourth-order valence-corrected chi connectivity index (χ4v) is 3.71. The number of methoxy groups -OCH3 is 1. The molecule has 0 unspecified atom stereocenters. The first-order valence-electron chi connectivity index (χ1n) is 10.1. The van der Waals surface area contributed by atoms with Crippen LogP contribution in [-0.2, 0) is 13.1 Å². The largest absolute Gasteiger partial charge is 0.496 e. The van der Waals surface area contributed by atoms with Crippen LogP contribution < -0.4 is 4.74 Å². The minimum atomic E-state index is 0.658. The Labute approximate surface area is 172 Å². The molecule has 3 aromatic rings. The number of aryl methyl sites for hydroxylation is 2. The summed E-state index contributed by atoms with van der Waals surface area (Å²) in [6.45, 7) is 9.78. The molecule has 0 aliphatic carbocycles. The zero-order valence-electron chi connectivity index (χ0n) is 17.4. The maximum atomic E-state index is 5.52. The van der Waals surface area contributed by atoms with Gasteiger partial charge in [-0.15, -0.1) is 0 Å². The van der Waals surface area contributed by atoms with E-state index in [9.17, 15) is 0 Å². The summed E-state index contributed by atoms with van der Waals surface area (Å²) in [6.07, 6.45) is 0. The van der Waals surface area contributed by atoms with Crippen LogP contribution in [0.25, 0.3) is 11.4 Å². The number of rotatable bonds is 6. The highest BCUT2D eigenvalue weighted by Crippen LogP contribution is 2.22. The van der Waals surface area contributed by atoms with Gasteiger partial charge in [0.2, 0.25) is 11.7 Å². The summed E-state index contributed by atoms with van der Waals surface area (Å²) in [5.41, 5.74) is 4.72. The number of nitrogens with zero attached hydrogens (tertiary/aromatic N) is 4. The van der Waals surface area contributed by atoms with Crippen LogP contribution in [0.3, 0.4) is 0 Å².